The molecule has 0 saturated heterocycles. The average molecular weight is 213 g/mol. The summed E-state index contributed by atoms with van der Waals surface area (Å²) in [7, 11) is 0. The van der Waals surface area contributed by atoms with Crippen LogP contribution in [0.1, 0.15) is 33.1 Å². The van der Waals surface area contributed by atoms with Crippen molar-refractivity contribution >= 4 is 11.8 Å². The summed E-state index contributed by atoms with van der Waals surface area (Å²) in [4.78, 5) is 23.0. The molecule has 5 nitrogen and oxygen atoms in total. The van der Waals surface area contributed by atoms with Gasteiger partial charge < -0.3 is 16.4 Å². The summed E-state index contributed by atoms with van der Waals surface area (Å²) in [5, 5.41) is 5.27. The van der Waals surface area contributed by atoms with Gasteiger partial charge in [-0.25, -0.2) is 0 Å². The quantitative estimate of drug-likeness (QED) is 0.589. The fraction of sp³-hybridized carbons (Fsp3) is 0.800. The third kappa shape index (κ3) is 2.68. The van der Waals surface area contributed by atoms with Crippen molar-refractivity contribution in [3.63, 3.8) is 0 Å². The van der Waals surface area contributed by atoms with Crippen LogP contribution in [0.2, 0.25) is 0 Å². The number of carbonyl (C=O) groups is 2. The first-order valence-electron chi connectivity index (χ1n) is 5.37. The molecule has 0 spiro atoms. The summed E-state index contributed by atoms with van der Waals surface area (Å²) in [6.45, 7) is 4.06. The fourth-order valence-corrected chi connectivity index (χ4v) is 1.52. The first kappa shape index (κ1) is 12.0. The minimum atomic E-state index is -0.735. The molecule has 1 saturated carbocycles. The van der Waals surface area contributed by atoms with E-state index in [2.05, 4.69) is 10.6 Å². The predicted molar refractivity (Wildman–Crippen MR) is 57.1 cm³/mol. The molecule has 0 aromatic heterocycles. The number of nitrogens with one attached hydrogen (secondary N) is 2. The van der Waals surface area contributed by atoms with E-state index in [-0.39, 0.29) is 11.8 Å². The van der Waals surface area contributed by atoms with Crippen LogP contribution in [0.3, 0.4) is 0 Å². The van der Waals surface area contributed by atoms with Crippen molar-refractivity contribution in [1.29, 1.82) is 0 Å². The van der Waals surface area contributed by atoms with Gasteiger partial charge in [0.25, 0.3) is 0 Å². The molecule has 15 heavy (non-hydrogen) atoms. The number of amides is 2. The molecule has 1 atom stereocenters. The molecule has 0 aromatic carbocycles. The lowest BCUT2D eigenvalue weighted by atomic mass is 9.77. The van der Waals surface area contributed by atoms with Gasteiger partial charge in [-0.2, -0.15) is 0 Å². The third-order valence-corrected chi connectivity index (χ3v) is 2.79. The summed E-state index contributed by atoms with van der Waals surface area (Å²) in [5.74, 6) is -0.388. The Bertz CT molecular complexity index is 261. The highest BCUT2D eigenvalue weighted by molar-refractivity contribution is 5.92. The highest BCUT2D eigenvalue weighted by atomic mass is 16.2. The average Bonchev–Trinajstić information content (AvgIpc) is 2.14. The Labute approximate surface area is 89.8 Å². The number of hydrogen-bond acceptors (Lipinski definition) is 3. The molecule has 0 bridgehead atoms. The molecule has 1 fully saturated rings. The second-order valence-electron chi connectivity index (χ2n) is 4.10. The summed E-state index contributed by atoms with van der Waals surface area (Å²) < 4.78 is 0. The lowest BCUT2D eigenvalue weighted by Gasteiger charge is -2.36. The molecular formula is C10H19N3O2. The normalized spacial score (nSPS) is 19.9. The van der Waals surface area contributed by atoms with E-state index in [1.807, 2.05) is 6.92 Å². The molecule has 4 N–H and O–H groups in total. The van der Waals surface area contributed by atoms with E-state index in [9.17, 15) is 9.59 Å². The zero-order valence-electron chi connectivity index (χ0n) is 9.30. The Morgan fingerprint density at radius 2 is 2.07 bits per heavy atom. The van der Waals surface area contributed by atoms with Crippen molar-refractivity contribution < 1.29 is 9.59 Å². The molecule has 2 amide bonds. The van der Waals surface area contributed by atoms with E-state index >= 15 is 0 Å². The minimum absolute atomic E-state index is 0.172. The number of hydrogen-bond donors (Lipinski definition) is 3. The Morgan fingerprint density at radius 3 is 2.47 bits per heavy atom. The van der Waals surface area contributed by atoms with Crippen molar-refractivity contribution in [3.8, 4) is 0 Å². The van der Waals surface area contributed by atoms with Crippen molar-refractivity contribution in [1.82, 2.24) is 10.6 Å². The van der Waals surface area contributed by atoms with Crippen molar-refractivity contribution in [2.45, 2.75) is 44.7 Å². The maximum atomic E-state index is 11.7. The Kier molecular flexibility index (Phi) is 3.68. The zero-order valence-corrected chi connectivity index (χ0v) is 9.30. The van der Waals surface area contributed by atoms with Crippen LogP contribution in [-0.4, -0.2) is 29.9 Å². The van der Waals surface area contributed by atoms with Crippen LogP contribution < -0.4 is 16.4 Å². The highest BCUT2D eigenvalue weighted by Gasteiger charge is 2.40. The summed E-state index contributed by atoms with van der Waals surface area (Å²) in [6, 6.07) is -0.515. The Morgan fingerprint density at radius 1 is 1.47 bits per heavy atom. The van der Waals surface area contributed by atoms with Gasteiger partial charge in [0.05, 0.1) is 5.54 Å². The van der Waals surface area contributed by atoms with Crippen LogP contribution in [0.5, 0.6) is 0 Å². The lowest BCUT2D eigenvalue weighted by molar-refractivity contribution is -0.133. The summed E-state index contributed by atoms with van der Waals surface area (Å²) in [6.07, 6.45) is 2.40. The predicted octanol–water partition coefficient (Wildman–Crippen LogP) is -0.491. The van der Waals surface area contributed by atoms with Crippen LogP contribution in [-0.2, 0) is 9.59 Å². The van der Waals surface area contributed by atoms with Gasteiger partial charge in [0.15, 0.2) is 0 Å². The monoisotopic (exact) mass is 213 g/mol. The molecule has 0 aliphatic heterocycles. The first-order valence-corrected chi connectivity index (χ1v) is 5.37. The van der Waals surface area contributed by atoms with E-state index in [4.69, 9.17) is 5.73 Å². The second-order valence-corrected chi connectivity index (χ2v) is 4.10. The van der Waals surface area contributed by atoms with Gasteiger partial charge in [-0.3, -0.25) is 9.59 Å². The van der Waals surface area contributed by atoms with Crippen LogP contribution in [0.15, 0.2) is 0 Å². The van der Waals surface area contributed by atoms with Crippen molar-refractivity contribution in [3.05, 3.63) is 0 Å². The Hall–Kier alpha value is -1.10. The van der Waals surface area contributed by atoms with Crippen molar-refractivity contribution in [2.24, 2.45) is 5.73 Å². The van der Waals surface area contributed by atoms with Crippen LogP contribution in [0, 0.1) is 0 Å². The number of carbonyl (C=O) groups excluding carboxylic acids is 2. The minimum Gasteiger partial charge on any atom is -0.355 e. The fourth-order valence-electron chi connectivity index (χ4n) is 1.52. The number of likely N-dealkylation sites (N-methyl/N-ethyl adjacent to an activating group) is 1. The topological polar surface area (TPSA) is 84.2 Å². The number of rotatable bonds is 4. The van der Waals surface area contributed by atoms with E-state index in [1.165, 1.54) is 0 Å². The van der Waals surface area contributed by atoms with E-state index in [1.54, 1.807) is 6.92 Å². The summed E-state index contributed by atoms with van der Waals surface area (Å²) >= 11 is 0. The van der Waals surface area contributed by atoms with Gasteiger partial charge in [-0.05, 0) is 33.1 Å². The van der Waals surface area contributed by atoms with Gasteiger partial charge in [0.2, 0.25) is 11.8 Å². The molecule has 5 heteroatoms. The first-order chi connectivity index (χ1) is 6.99. The maximum absolute atomic E-state index is 11.7. The zero-order chi connectivity index (χ0) is 11.5. The highest BCUT2D eigenvalue weighted by Crippen LogP contribution is 2.29. The lowest BCUT2D eigenvalue weighted by Crippen LogP contribution is -2.61. The number of nitrogens with two attached hydrogens (primary N) is 1. The molecule has 1 aliphatic rings. The van der Waals surface area contributed by atoms with Gasteiger partial charge in [-0.15, -0.1) is 0 Å². The van der Waals surface area contributed by atoms with Gasteiger partial charge >= 0.3 is 0 Å². The van der Waals surface area contributed by atoms with Crippen LogP contribution in [0.25, 0.3) is 0 Å². The molecule has 1 aliphatic carbocycles. The standard InChI is InChI=1S/C10H19N3O2/c1-3-12-8(14)7(2)13-9(15)10(11)5-4-6-10/h7H,3-6,11H2,1-2H3,(H,12,14)(H,13,15). The maximum Gasteiger partial charge on any atom is 0.242 e. The molecule has 1 rings (SSSR count). The van der Waals surface area contributed by atoms with E-state index in [0.29, 0.717) is 19.4 Å². The van der Waals surface area contributed by atoms with Gasteiger partial charge in [0, 0.05) is 6.54 Å². The summed E-state index contributed by atoms with van der Waals surface area (Å²) in [5.41, 5.74) is 5.09. The smallest absolute Gasteiger partial charge is 0.242 e. The van der Waals surface area contributed by atoms with Crippen LogP contribution in [0.4, 0.5) is 0 Å². The molecule has 1 unspecified atom stereocenters. The Balaban J connectivity index is 2.40. The molecule has 0 heterocycles. The molecule has 0 radical (unpaired) electrons. The SMILES string of the molecule is CCNC(=O)C(C)NC(=O)C1(N)CCC1. The van der Waals surface area contributed by atoms with Gasteiger partial charge in [-0.1, -0.05) is 0 Å². The molecule has 0 aromatic rings. The van der Waals surface area contributed by atoms with Gasteiger partial charge in [0.1, 0.15) is 6.04 Å². The van der Waals surface area contributed by atoms with Crippen LogP contribution >= 0.6 is 0 Å². The third-order valence-electron chi connectivity index (χ3n) is 2.79. The molecule has 86 valence electrons. The second kappa shape index (κ2) is 4.61. The van der Waals surface area contributed by atoms with E-state index < -0.39 is 11.6 Å². The largest absolute Gasteiger partial charge is 0.355 e. The van der Waals surface area contributed by atoms with E-state index in [0.717, 1.165) is 6.42 Å². The molecular weight excluding hydrogens is 194 g/mol. The van der Waals surface area contributed by atoms with Crippen molar-refractivity contribution in [2.75, 3.05) is 6.54 Å².